The SMILES string of the molecule is Cc1c(-c2cc(C(C)(C)C)cc(-n3c4ccccc4c4cc(-c5ccc[c]([Ge]([c]6ccccc6)([c]6ccccc6)[c]6ccccc6)c5)ccc43)c2C(C)C)cc(C(C)(C)C)cc1C(C)(C)C. The summed E-state index contributed by atoms with van der Waals surface area (Å²) in [4.78, 5) is 0. The molecule has 0 saturated heterocycles. The summed E-state index contributed by atoms with van der Waals surface area (Å²) < 4.78 is 8.30. The van der Waals surface area contributed by atoms with Crippen LogP contribution in [0, 0.1) is 6.92 Å². The Balaban J connectivity index is 1.30. The van der Waals surface area contributed by atoms with Crippen molar-refractivity contribution in [2.24, 2.45) is 0 Å². The van der Waals surface area contributed by atoms with Crippen molar-refractivity contribution in [3.05, 3.63) is 210 Å². The van der Waals surface area contributed by atoms with Gasteiger partial charge in [0.05, 0.1) is 0 Å². The van der Waals surface area contributed by atoms with Gasteiger partial charge in [-0.1, -0.05) is 74.4 Å². The molecule has 0 atom stereocenters. The first kappa shape index (κ1) is 45.3. The van der Waals surface area contributed by atoms with E-state index in [1.54, 1.807) is 0 Å². The third kappa shape index (κ3) is 7.98. The van der Waals surface area contributed by atoms with Gasteiger partial charge in [0.2, 0.25) is 0 Å². The van der Waals surface area contributed by atoms with E-state index in [-0.39, 0.29) is 22.2 Å². The molecule has 0 bridgehead atoms. The van der Waals surface area contributed by atoms with E-state index in [0.29, 0.717) is 0 Å². The molecular formula is C64H67GeN. The van der Waals surface area contributed by atoms with E-state index in [0.717, 1.165) is 0 Å². The number of rotatable bonds is 8. The van der Waals surface area contributed by atoms with Gasteiger partial charge in [-0.2, -0.15) is 0 Å². The summed E-state index contributed by atoms with van der Waals surface area (Å²) in [6, 6.07) is 69.8. The number of hydrogen-bond acceptors (Lipinski definition) is 0. The molecule has 0 aliphatic carbocycles. The Kier molecular flexibility index (Phi) is 11.7. The molecule has 1 heterocycles. The smallest absolute Gasteiger partial charge is 0.0561 e. The fraction of sp³-hybridized carbons (Fsp3) is 0.250. The van der Waals surface area contributed by atoms with Crippen LogP contribution in [-0.2, 0) is 16.2 Å². The summed E-state index contributed by atoms with van der Waals surface area (Å²) in [5.74, 6) is 0.266. The standard InChI is InChI=1S/C64H67GeN/c1-43(2)61-56(54-39-47(62(4,5)6)41-57(44(54)3)64(10,11)12)40-48(63(7,8)9)42-60(61)66-58-34-23-22-33-53(58)55-38-46(35-36-59(55)66)45-25-24-32-52(37-45)65(49-26-16-13-17-27-49,50-28-18-14-19-29-50)51-30-20-15-21-31-51/h13-43H,1-12H3. The molecule has 0 amide bonds. The van der Waals surface area contributed by atoms with Gasteiger partial charge in [-0.15, -0.1) is 0 Å². The Hall–Kier alpha value is -5.90. The van der Waals surface area contributed by atoms with Gasteiger partial charge in [0.1, 0.15) is 0 Å². The molecule has 0 radical (unpaired) electrons. The van der Waals surface area contributed by atoms with E-state index in [1.165, 1.54) is 95.1 Å². The molecule has 0 N–H and O–H groups in total. The number of fused-ring (bicyclic) bond motifs is 3. The van der Waals surface area contributed by atoms with Crippen molar-refractivity contribution in [3.8, 4) is 27.9 Å². The van der Waals surface area contributed by atoms with Crippen LogP contribution >= 0.6 is 0 Å². The minimum atomic E-state index is -3.47. The van der Waals surface area contributed by atoms with Crippen LogP contribution in [0.1, 0.15) is 110 Å². The second-order valence-electron chi connectivity index (χ2n) is 22.1. The molecule has 9 aromatic rings. The molecule has 0 spiro atoms. The zero-order chi connectivity index (χ0) is 46.8. The number of nitrogens with zero attached hydrogens (tertiary/aromatic N) is 1. The van der Waals surface area contributed by atoms with E-state index in [1.807, 2.05) is 0 Å². The van der Waals surface area contributed by atoms with Crippen molar-refractivity contribution in [1.82, 2.24) is 4.57 Å². The van der Waals surface area contributed by atoms with E-state index in [9.17, 15) is 0 Å². The Morgan fingerprint density at radius 2 is 0.894 bits per heavy atom. The molecular weight excluding hydrogens is 855 g/mol. The summed E-state index contributed by atoms with van der Waals surface area (Å²) >= 11 is -3.47. The zero-order valence-electron chi connectivity index (χ0n) is 41.3. The first-order valence-electron chi connectivity index (χ1n) is 24.0. The van der Waals surface area contributed by atoms with Crippen LogP contribution in [0.15, 0.2) is 182 Å². The Labute approximate surface area is 397 Å². The van der Waals surface area contributed by atoms with Gasteiger partial charge >= 0.3 is 291 Å². The number of para-hydroxylation sites is 1. The van der Waals surface area contributed by atoms with E-state index in [4.69, 9.17) is 0 Å². The molecule has 2 heteroatoms. The fourth-order valence-electron chi connectivity index (χ4n) is 10.7. The summed E-state index contributed by atoms with van der Waals surface area (Å²) in [7, 11) is 0. The maximum atomic E-state index is 2.59. The molecule has 0 unspecified atom stereocenters. The summed E-state index contributed by atoms with van der Waals surface area (Å²) in [5.41, 5.74) is 15.8. The second-order valence-corrected chi connectivity index (χ2v) is 30.1. The van der Waals surface area contributed by atoms with Crippen LogP contribution in [0.5, 0.6) is 0 Å². The fourth-order valence-corrected chi connectivity index (χ4v) is 20.8. The molecule has 1 nitrogen and oxygen atoms in total. The van der Waals surface area contributed by atoms with E-state index >= 15 is 0 Å². The third-order valence-electron chi connectivity index (χ3n) is 14.1. The van der Waals surface area contributed by atoms with Gasteiger partial charge in [-0.25, -0.2) is 0 Å². The Morgan fingerprint density at radius 3 is 1.44 bits per heavy atom. The average molecular weight is 923 g/mol. The van der Waals surface area contributed by atoms with Crippen molar-refractivity contribution < 1.29 is 0 Å². The van der Waals surface area contributed by atoms with Crippen LogP contribution < -0.4 is 17.6 Å². The van der Waals surface area contributed by atoms with Gasteiger partial charge in [-0.3, -0.25) is 0 Å². The van der Waals surface area contributed by atoms with Crippen molar-refractivity contribution >= 4 is 52.7 Å². The normalized spacial score (nSPS) is 12.7. The average Bonchev–Trinajstić information content (AvgIpc) is 3.62. The van der Waals surface area contributed by atoms with Gasteiger partial charge in [-0.05, 0) is 34.4 Å². The van der Waals surface area contributed by atoms with Crippen LogP contribution in [0.2, 0.25) is 0 Å². The van der Waals surface area contributed by atoms with Gasteiger partial charge in [0, 0.05) is 0 Å². The van der Waals surface area contributed by atoms with Gasteiger partial charge in [0.15, 0.2) is 0 Å². The number of hydrogen-bond donors (Lipinski definition) is 0. The molecule has 66 heavy (non-hydrogen) atoms. The minimum absolute atomic E-state index is 0.00169. The first-order chi connectivity index (χ1) is 31.4. The number of benzene rings is 8. The first-order valence-corrected chi connectivity index (χ1v) is 28.2. The van der Waals surface area contributed by atoms with E-state index in [2.05, 4.69) is 270 Å². The molecule has 332 valence electrons. The van der Waals surface area contributed by atoms with Crippen LogP contribution in [0.4, 0.5) is 0 Å². The van der Waals surface area contributed by atoms with E-state index < -0.39 is 13.3 Å². The molecule has 0 aliphatic rings. The topological polar surface area (TPSA) is 4.93 Å². The quantitative estimate of drug-likeness (QED) is 0.134. The molecule has 1 aromatic heterocycles. The van der Waals surface area contributed by atoms with Crippen molar-refractivity contribution in [2.45, 2.75) is 105 Å². The number of aromatic nitrogens is 1. The monoisotopic (exact) mass is 923 g/mol. The predicted octanol–water partition coefficient (Wildman–Crippen LogP) is 14.8. The molecule has 8 aromatic carbocycles. The van der Waals surface area contributed by atoms with Crippen LogP contribution in [-0.4, -0.2) is 17.8 Å². The molecule has 0 fully saturated rings. The minimum Gasteiger partial charge on any atom is -0.0561 e. The van der Waals surface area contributed by atoms with Gasteiger partial charge in [0.25, 0.3) is 0 Å². The van der Waals surface area contributed by atoms with Gasteiger partial charge < -0.3 is 0 Å². The molecule has 9 rings (SSSR count). The summed E-state index contributed by atoms with van der Waals surface area (Å²) in [6.45, 7) is 28.4. The van der Waals surface area contributed by atoms with Crippen LogP contribution in [0.3, 0.4) is 0 Å². The maximum absolute atomic E-state index is 3.47. The Morgan fingerprint density at radius 1 is 0.409 bits per heavy atom. The predicted molar refractivity (Wildman–Crippen MR) is 290 cm³/mol. The molecule has 0 saturated carbocycles. The van der Waals surface area contributed by atoms with Crippen molar-refractivity contribution in [1.29, 1.82) is 0 Å². The molecule has 0 aliphatic heterocycles. The summed E-state index contributed by atoms with van der Waals surface area (Å²) in [5, 5.41) is 2.54. The van der Waals surface area contributed by atoms with Crippen LogP contribution in [0.25, 0.3) is 49.7 Å². The zero-order valence-corrected chi connectivity index (χ0v) is 43.4. The Bertz CT molecular complexity index is 3110. The van der Waals surface area contributed by atoms with Crippen molar-refractivity contribution in [3.63, 3.8) is 0 Å². The van der Waals surface area contributed by atoms with Crippen molar-refractivity contribution in [2.75, 3.05) is 0 Å². The second kappa shape index (κ2) is 17.1. The summed E-state index contributed by atoms with van der Waals surface area (Å²) in [6.07, 6.45) is 0. The third-order valence-corrected chi connectivity index (χ3v) is 24.2.